The maximum Gasteiger partial charge on any atom is 0.241 e. The molecule has 0 radical (unpaired) electrons. The average Bonchev–Trinajstić information content (AvgIpc) is 3.09. The molecule has 7 nitrogen and oxygen atoms in total. The van der Waals surface area contributed by atoms with Gasteiger partial charge in [-0.15, -0.1) is 0 Å². The molecule has 1 aliphatic heterocycles. The predicted octanol–water partition coefficient (Wildman–Crippen LogP) is 2.05. The third-order valence-corrected chi connectivity index (χ3v) is 4.70. The summed E-state index contributed by atoms with van der Waals surface area (Å²) in [6.45, 7) is 6.92. The topological polar surface area (TPSA) is 76.6 Å². The van der Waals surface area contributed by atoms with E-state index in [4.69, 9.17) is 9.78 Å². The maximum atomic E-state index is 12.8. The first-order valence-corrected chi connectivity index (χ1v) is 9.25. The molecular weight excluding hydrogens is 342 g/mol. The lowest BCUT2D eigenvalue weighted by Crippen LogP contribution is -2.50. The molecule has 0 unspecified atom stereocenters. The summed E-state index contributed by atoms with van der Waals surface area (Å²) in [6, 6.07) is 13.7. The van der Waals surface area contributed by atoms with Gasteiger partial charge in [0.2, 0.25) is 5.91 Å². The third-order valence-electron chi connectivity index (χ3n) is 4.70. The molecule has 1 aromatic heterocycles. The predicted molar refractivity (Wildman–Crippen MR) is 102 cm³/mol. The molecule has 3 rings (SSSR count). The quantitative estimate of drug-likeness (QED) is 0.745. The van der Waals surface area contributed by atoms with Gasteiger partial charge in [-0.25, -0.2) is 0 Å². The number of carbonyl (C=O) groups excluding carboxylic acids is 1. The minimum absolute atomic E-state index is 0.0389. The van der Waals surface area contributed by atoms with Crippen LogP contribution in [0.5, 0.6) is 0 Å². The summed E-state index contributed by atoms with van der Waals surface area (Å²) in [5, 5.41) is 12.9. The number of piperazine rings is 1. The zero-order valence-electron chi connectivity index (χ0n) is 15.7. The van der Waals surface area contributed by atoms with E-state index in [-0.39, 0.29) is 5.91 Å². The van der Waals surface area contributed by atoms with E-state index >= 15 is 0 Å². The van der Waals surface area contributed by atoms with Crippen molar-refractivity contribution < 1.29 is 9.32 Å². The highest BCUT2D eigenvalue weighted by atomic mass is 16.5. The lowest BCUT2D eigenvalue weighted by Gasteiger charge is -2.35. The van der Waals surface area contributed by atoms with Gasteiger partial charge in [-0.2, -0.15) is 5.26 Å². The number of rotatable bonds is 7. The van der Waals surface area contributed by atoms with Crippen molar-refractivity contribution >= 4 is 11.6 Å². The molecule has 0 spiro atoms. The fourth-order valence-corrected chi connectivity index (χ4v) is 3.27. The minimum atomic E-state index is 0.0389. The van der Waals surface area contributed by atoms with Gasteiger partial charge in [-0.05, 0) is 19.1 Å². The molecule has 2 heterocycles. The summed E-state index contributed by atoms with van der Waals surface area (Å²) >= 11 is 0. The van der Waals surface area contributed by atoms with Crippen LogP contribution in [-0.4, -0.2) is 60.1 Å². The van der Waals surface area contributed by atoms with Crippen LogP contribution < -0.4 is 4.90 Å². The second-order valence-corrected chi connectivity index (χ2v) is 6.77. The van der Waals surface area contributed by atoms with Crippen molar-refractivity contribution in [1.82, 2.24) is 15.0 Å². The van der Waals surface area contributed by atoms with E-state index in [1.165, 1.54) is 0 Å². The van der Waals surface area contributed by atoms with Gasteiger partial charge in [-0.3, -0.25) is 14.6 Å². The van der Waals surface area contributed by atoms with Crippen LogP contribution in [0, 0.1) is 18.3 Å². The number of aromatic nitrogens is 1. The number of nitriles is 1. The number of hydrogen-bond acceptors (Lipinski definition) is 6. The van der Waals surface area contributed by atoms with E-state index < -0.39 is 0 Å². The van der Waals surface area contributed by atoms with Crippen molar-refractivity contribution in [2.45, 2.75) is 19.9 Å². The van der Waals surface area contributed by atoms with E-state index in [0.29, 0.717) is 19.5 Å². The summed E-state index contributed by atoms with van der Waals surface area (Å²) in [5.41, 5.74) is 1.79. The fourth-order valence-electron chi connectivity index (χ4n) is 3.27. The second kappa shape index (κ2) is 9.31. The van der Waals surface area contributed by atoms with Gasteiger partial charge in [-0.1, -0.05) is 23.4 Å². The van der Waals surface area contributed by atoms with Crippen LogP contribution in [0.4, 0.5) is 5.69 Å². The number of aryl methyl sites for hydroxylation is 1. The fraction of sp³-hybridized carbons (Fsp3) is 0.450. The number of nitrogens with zero attached hydrogens (tertiary/aromatic N) is 5. The zero-order valence-corrected chi connectivity index (χ0v) is 15.7. The Bertz CT molecular complexity index is 775. The van der Waals surface area contributed by atoms with Crippen LogP contribution in [0.25, 0.3) is 0 Å². The van der Waals surface area contributed by atoms with E-state index in [1.54, 1.807) is 4.90 Å². The molecule has 1 aromatic carbocycles. The van der Waals surface area contributed by atoms with E-state index in [9.17, 15) is 4.79 Å². The van der Waals surface area contributed by atoms with Crippen LogP contribution in [0.3, 0.4) is 0 Å². The zero-order chi connectivity index (χ0) is 19.1. The van der Waals surface area contributed by atoms with Gasteiger partial charge < -0.3 is 9.42 Å². The molecule has 0 saturated carbocycles. The van der Waals surface area contributed by atoms with Crippen molar-refractivity contribution in [2.24, 2.45) is 0 Å². The highest BCUT2D eigenvalue weighted by Crippen LogP contribution is 2.15. The van der Waals surface area contributed by atoms with E-state index in [2.05, 4.69) is 21.0 Å². The van der Waals surface area contributed by atoms with E-state index in [0.717, 1.165) is 49.9 Å². The molecule has 7 heteroatoms. The Morgan fingerprint density at radius 2 is 1.93 bits per heavy atom. The summed E-state index contributed by atoms with van der Waals surface area (Å²) in [5.74, 6) is 0.865. The Balaban J connectivity index is 1.52. The first-order valence-electron chi connectivity index (χ1n) is 9.25. The third kappa shape index (κ3) is 5.39. The van der Waals surface area contributed by atoms with Crippen LogP contribution in [0.2, 0.25) is 0 Å². The lowest BCUT2D eigenvalue weighted by atomic mass is 10.2. The Labute approximate surface area is 159 Å². The van der Waals surface area contributed by atoms with Gasteiger partial charge in [0, 0.05) is 51.0 Å². The number of carbonyl (C=O) groups is 1. The van der Waals surface area contributed by atoms with E-state index in [1.807, 2.05) is 43.3 Å². The summed E-state index contributed by atoms with van der Waals surface area (Å²) < 4.78 is 5.12. The standard InChI is InChI=1S/C20H25N5O2/c1-17-14-18(22-27-17)15-23-10-12-24(13-11-23)16-20(26)25(9-5-8-21)19-6-3-2-4-7-19/h2-4,6-7,14H,5,9-13,15-16H2,1H3. The van der Waals surface area contributed by atoms with Gasteiger partial charge in [0.15, 0.2) is 0 Å². The molecule has 1 amide bonds. The molecule has 0 bridgehead atoms. The van der Waals surface area contributed by atoms with Crippen LogP contribution in [0.1, 0.15) is 17.9 Å². The van der Waals surface area contributed by atoms with Crippen molar-refractivity contribution in [3.63, 3.8) is 0 Å². The summed E-state index contributed by atoms with van der Waals surface area (Å²) in [7, 11) is 0. The Hall–Kier alpha value is -2.69. The minimum Gasteiger partial charge on any atom is -0.361 e. The first kappa shape index (κ1) is 19.1. The molecular formula is C20H25N5O2. The van der Waals surface area contributed by atoms with Crippen LogP contribution in [0.15, 0.2) is 40.9 Å². The number of amides is 1. The van der Waals surface area contributed by atoms with Gasteiger partial charge >= 0.3 is 0 Å². The highest BCUT2D eigenvalue weighted by molar-refractivity contribution is 5.94. The number of anilines is 1. The second-order valence-electron chi connectivity index (χ2n) is 6.77. The molecule has 1 saturated heterocycles. The molecule has 1 aliphatic rings. The Morgan fingerprint density at radius 1 is 1.22 bits per heavy atom. The van der Waals surface area contributed by atoms with Crippen LogP contribution >= 0.6 is 0 Å². The average molecular weight is 367 g/mol. The lowest BCUT2D eigenvalue weighted by molar-refractivity contribution is -0.120. The number of benzene rings is 1. The molecule has 0 N–H and O–H groups in total. The van der Waals surface area contributed by atoms with Crippen molar-refractivity contribution in [3.8, 4) is 6.07 Å². The highest BCUT2D eigenvalue weighted by Gasteiger charge is 2.23. The normalized spacial score (nSPS) is 15.4. The Morgan fingerprint density at radius 3 is 2.56 bits per heavy atom. The van der Waals surface area contributed by atoms with Crippen molar-refractivity contribution in [2.75, 3.05) is 44.2 Å². The smallest absolute Gasteiger partial charge is 0.241 e. The number of hydrogen-bond donors (Lipinski definition) is 0. The molecule has 142 valence electrons. The summed E-state index contributed by atoms with van der Waals surface area (Å²) in [4.78, 5) is 19.0. The molecule has 0 aliphatic carbocycles. The van der Waals surface area contributed by atoms with Crippen molar-refractivity contribution in [3.05, 3.63) is 47.9 Å². The first-order chi connectivity index (χ1) is 13.2. The molecule has 27 heavy (non-hydrogen) atoms. The van der Waals surface area contributed by atoms with Crippen molar-refractivity contribution in [1.29, 1.82) is 5.26 Å². The Kier molecular flexibility index (Phi) is 6.58. The molecule has 0 atom stereocenters. The largest absolute Gasteiger partial charge is 0.361 e. The number of para-hydroxylation sites is 1. The van der Waals surface area contributed by atoms with Gasteiger partial charge in [0.25, 0.3) is 0 Å². The monoisotopic (exact) mass is 367 g/mol. The molecule has 1 fully saturated rings. The summed E-state index contributed by atoms with van der Waals surface area (Å²) in [6.07, 6.45) is 0.325. The van der Waals surface area contributed by atoms with Gasteiger partial charge in [0.05, 0.1) is 24.7 Å². The van der Waals surface area contributed by atoms with Gasteiger partial charge in [0.1, 0.15) is 5.76 Å². The maximum absolute atomic E-state index is 12.8. The van der Waals surface area contributed by atoms with Crippen LogP contribution in [-0.2, 0) is 11.3 Å². The SMILES string of the molecule is Cc1cc(CN2CCN(CC(=O)N(CCC#N)c3ccccc3)CC2)no1. The molecule has 2 aromatic rings.